The highest BCUT2D eigenvalue weighted by atomic mass is 32.2. The molecular weight excluding hydrogens is 428 g/mol. The molecule has 1 aliphatic rings. The number of nitrogens with zero attached hydrogens (tertiary/aromatic N) is 2. The van der Waals surface area contributed by atoms with Crippen LogP contribution < -0.4 is 5.32 Å². The number of aryl methyl sites for hydroxylation is 1. The largest absolute Gasteiger partial charge is 0.405 e. The Bertz CT molecular complexity index is 1030. The molecule has 0 unspecified atom stereocenters. The Labute approximate surface area is 170 Å². The van der Waals surface area contributed by atoms with Crippen molar-refractivity contribution in [1.82, 2.24) is 19.8 Å². The van der Waals surface area contributed by atoms with Gasteiger partial charge in [0.1, 0.15) is 18.1 Å². The lowest BCUT2D eigenvalue weighted by Gasteiger charge is -2.31. The van der Waals surface area contributed by atoms with Crippen molar-refractivity contribution < 1.29 is 30.8 Å². The van der Waals surface area contributed by atoms with Crippen molar-refractivity contribution in [3.63, 3.8) is 0 Å². The second-order valence-corrected chi connectivity index (χ2v) is 9.00. The van der Waals surface area contributed by atoms with Crippen LogP contribution in [-0.2, 0) is 10.0 Å². The summed E-state index contributed by atoms with van der Waals surface area (Å²) in [5.41, 5.74) is 0.716. The number of amides is 1. The van der Waals surface area contributed by atoms with Gasteiger partial charge in [-0.25, -0.2) is 12.8 Å². The SMILES string of the molecule is Cc1cc(F)ccc1S(=O)(=O)N1CCC(c2cc(C(=O)NCC(F)(F)F)n[nH]2)CC1. The van der Waals surface area contributed by atoms with E-state index in [-0.39, 0.29) is 29.6 Å². The lowest BCUT2D eigenvalue weighted by atomic mass is 9.94. The van der Waals surface area contributed by atoms with Gasteiger partial charge in [0.25, 0.3) is 5.91 Å². The van der Waals surface area contributed by atoms with Crippen LogP contribution in [0.4, 0.5) is 17.6 Å². The highest BCUT2D eigenvalue weighted by molar-refractivity contribution is 7.89. The number of hydrogen-bond donors (Lipinski definition) is 2. The van der Waals surface area contributed by atoms with Crippen molar-refractivity contribution in [2.75, 3.05) is 19.6 Å². The van der Waals surface area contributed by atoms with Crippen molar-refractivity contribution in [2.45, 2.75) is 36.8 Å². The molecule has 1 aromatic heterocycles. The van der Waals surface area contributed by atoms with E-state index < -0.39 is 34.5 Å². The number of nitrogens with one attached hydrogen (secondary N) is 2. The number of rotatable bonds is 5. The van der Waals surface area contributed by atoms with Gasteiger partial charge in [-0.2, -0.15) is 22.6 Å². The number of hydrogen-bond acceptors (Lipinski definition) is 4. The molecule has 0 bridgehead atoms. The number of alkyl halides is 3. The van der Waals surface area contributed by atoms with Crippen LogP contribution in [0.1, 0.15) is 40.5 Å². The Morgan fingerprint density at radius 2 is 1.93 bits per heavy atom. The third kappa shape index (κ3) is 4.98. The predicted octanol–water partition coefficient (Wildman–Crippen LogP) is 2.72. The number of H-pyrrole nitrogens is 1. The standard InChI is InChI=1S/C18H20F4N4O3S/c1-11-8-13(19)2-3-16(11)30(28,29)26-6-4-12(5-7-26)14-9-15(25-24-14)17(27)23-10-18(20,21)22/h2-3,8-9,12H,4-7,10H2,1H3,(H,23,27)(H,24,25). The summed E-state index contributed by atoms with van der Waals surface area (Å²) in [4.78, 5) is 11.8. The summed E-state index contributed by atoms with van der Waals surface area (Å²) in [5.74, 6) is -1.58. The van der Waals surface area contributed by atoms with Crippen molar-refractivity contribution >= 4 is 15.9 Å². The lowest BCUT2D eigenvalue weighted by Crippen LogP contribution is -2.38. The van der Waals surface area contributed by atoms with E-state index >= 15 is 0 Å². The topological polar surface area (TPSA) is 95.2 Å². The molecule has 12 heteroatoms. The second-order valence-electron chi connectivity index (χ2n) is 7.09. The Balaban J connectivity index is 1.63. The fourth-order valence-corrected chi connectivity index (χ4v) is 5.06. The van der Waals surface area contributed by atoms with Crippen LogP contribution in [-0.4, -0.2) is 54.6 Å². The van der Waals surface area contributed by atoms with E-state index in [1.54, 1.807) is 5.32 Å². The van der Waals surface area contributed by atoms with Crippen LogP contribution in [0, 0.1) is 12.7 Å². The molecule has 0 aliphatic carbocycles. The maximum atomic E-state index is 13.3. The molecule has 0 spiro atoms. The molecular formula is C18H20F4N4O3S. The van der Waals surface area contributed by atoms with Gasteiger partial charge in [-0.05, 0) is 49.6 Å². The molecule has 3 rings (SSSR count). The minimum Gasteiger partial charge on any atom is -0.342 e. The Kier molecular flexibility index (Phi) is 6.18. The first-order chi connectivity index (χ1) is 14.0. The van der Waals surface area contributed by atoms with Crippen molar-refractivity contribution in [3.05, 3.63) is 47.0 Å². The Hall–Kier alpha value is -2.47. The fraction of sp³-hybridized carbons (Fsp3) is 0.444. The van der Waals surface area contributed by atoms with Gasteiger partial charge in [0.05, 0.1) is 4.90 Å². The first-order valence-corrected chi connectivity index (χ1v) is 10.6. The highest BCUT2D eigenvalue weighted by Gasteiger charge is 2.32. The normalized spacial score (nSPS) is 16.6. The number of sulfonamides is 1. The van der Waals surface area contributed by atoms with Gasteiger partial charge in [-0.3, -0.25) is 9.89 Å². The molecule has 0 saturated carbocycles. The second kappa shape index (κ2) is 8.34. The third-order valence-electron chi connectivity index (χ3n) is 4.93. The summed E-state index contributed by atoms with van der Waals surface area (Å²) < 4.78 is 76.9. The predicted molar refractivity (Wildman–Crippen MR) is 98.8 cm³/mol. The Morgan fingerprint density at radius 3 is 2.53 bits per heavy atom. The number of carbonyl (C=O) groups excluding carboxylic acids is 1. The summed E-state index contributed by atoms with van der Waals surface area (Å²) in [6.07, 6.45) is -3.65. The van der Waals surface area contributed by atoms with Crippen LogP contribution >= 0.6 is 0 Å². The van der Waals surface area contributed by atoms with Crippen molar-refractivity contribution in [1.29, 1.82) is 0 Å². The smallest absolute Gasteiger partial charge is 0.342 e. The van der Waals surface area contributed by atoms with Crippen LogP contribution in [0.15, 0.2) is 29.2 Å². The zero-order valence-electron chi connectivity index (χ0n) is 16.0. The highest BCUT2D eigenvalue weighted by Crippen LogP contribution is 2.31. The van der Waals surface area contributed by atoms with E-state index in [2.05, 4.69) is 10.2 Å². The van der Waals surface area contributed by atoms with Gasteiger partial charge in [0, 0.05) is 24.7 Å². The fourth-order valence-electron chi connectivity index (χ4n) is 3.38. The number of piperidine rings is 1. The van der Waals surface area contributed by atoms with Gasteiger partial charge in [-0.15, -0.1) is 0 Å². The maximum Gasteiger partial charge on any atom is 0.405 e. The minimum absolute atomic E-state index is 0.0486. The zero-order chi connectivity index (χ0) is 22.1. The molecule has 0 atom stereocenters. The van der Waals surface area contributed by atoms with Gasteiger partial charge in [-0.1, -0.05) is 0 Å². The van der Waals surface area contributed by atoms with E-state index in [1.807, 2.05) is 0 Å². The molecule has 2 aromatic rings. The summed E-state index contributed by atoms with van der Waals surface area (Å²) >= 11 is 0. The van der Waals surface area contributed by atoms with Gasteiger partial charge >= 0.3 is 6.18 Å². The van der Waals surface area contributed by atoms with E-state index in [1.165, 1.54) is 23.4 Å². The average molecular weight is 448 g/mol. The summed E-state index contributed by atoms with van der Waals surface area (Å²) in [5, 5.41) is 8.16. The molecule has 30 heavy (non-hydrogen) atoms. The zero-order valence-corrected chi connectivity index (χ0v) is 16.8. The number of halogens is 4. The van der Waals surface area contributed by atoms with Gasteiger partial charge in [0.15, 0.2) is 0 Å². The quantitative estimate of drug-likeness (QED) is 0.688. The molecule has 0 radical (unpaired) electrons. The molecule has 164 valence electrons. The molecule has 1 fully saturated rings. The average Bonchev–Trinajstić information content (AvgIpc) is 3.15. The minimum atomic E-state index is -4.52. The first kappa shape index (κ1) is 22.2. The van der Waals surface area contributed by atoms with Crippen LogP contribution in [0.3, 0.4) is 0 Å². The van der Waals surface area contributed by atoms with Crippen molar-refractivity contribution in [2.24, 2.45) is 0 Å². The molecule has 1 aliphatic heterocycles. The van der Waals surface area contributed by atoms with E-state index in [0.29, 0.717) is 24.1 Å². The molecule has 1 aromatic carbocycles. The monoisotopic (exact) mass is 448 g/mol. The maximum absolute atomic E-state index is 13.3. The van der Waals surface area contributed by atoms with E-state index in [4.69, 9.17) is 0 Å². The molecule has 7 nitrogen and oxygen atoms in total. The molecule has 2 N–H and O–H groups in total. The number of aromatic amines is 1. The number of aromatic nitrogens is 2. The third-order valence-corrected chi connectivity index (χ3v) is 6.99. The summed E-state index contributed by atoms with van der Waals surface area (Å²) in [7, 11) is -3.77. The van der Waals surface area contributed by atoms with Crippen LogP contribution in [0.25, 0.3) is 0 Å². The molecule has 1 saturated heterocycles. The Morgan fingerprint density at radius 1 is 1.27 bits per heavy atom. The number of benzene rings is 1. The van der Waals surface area contributed by atoms with Crippen molar-refractivity contribution in [3.8, 4) is 0 Å². The summed E-state index contributed by atoms with van der Waals surface area (Å²) in [6.45, 7) is 0.489. The summed E-state index contributed by atoms with van der Waals surface area (Å²) in [6, 6.07) is 4.88. The van der Waals surface area contributed by atoms with Gasteiger partial charge in [0.2, 0.25) is 10.0 Å². The lowest BCUT2D eigenvalue weighted by molar-refractivity contribution is -0.123. The van der Waals surface area contributed by atoms with Gasteiger partial charge < -0.3 is 5.32 Å². The van der Waals surface area contributed by atoms with Crippen LogP contribution in [0.5, 0.6) is 0 Å². The number of carbonyl (C=O) groups is 1. The van der Waals surface area contributed by atoms with E-state index in [9.17, 15) is 30.8 Å². The molecule has 2 heterocycles. The molecule has 1 amide bonds. The van der Waals surface area contributed by atoms with E-state index in [0.717, 1.165) is 12.1 Å². The van der Waals surface area contributed by atoms with Crippen LogP contribution in [0.2, 0.25) is 0 Å². The first-order valence-electron chi connectivity index (χ1n) is 9.14.